The molecule has 2 heterocycles. The van der Waals surface area contributed by atoms with Crippen molar-refractivity contribution in [1.82, 2.24) is 9.29 Å². The van der Waals surface area contributed by atoms with Crippen molar-refractivity contribution in [2.45, 2.75) is 23.9 Å². The van der Waals surface area contributed by atoms with E-state index in [0.29, 0.717) is 16.5 Å². The van der Waals surface area contributed by atoms with Gasteiger partial charge in [0.05, 0.1) is 10.9 Å². The van der Waals surface area contributed by atoms with Gasteiger partial charge in [-0.05, 0) is 53.6 Å². The third-order valence-corrected chi connectivity index (χ3v) is 7.09. The number of benzene rings is 2. The average Bonchev–Trinajstić information content (AvgIpc) is 2.68. The molecule has 4 nitrogen and oxygen atoms in total. The minimum atomic E-state index is -3.72. The summed E-state index contributed by atoms with van der Waals surface area (Å²) in [7, 11) is -3.72. The highest BCUT2D eigenvalue weighted by Crippen LogP contribution is 2.37. The molecule has 0 spiro atoms. The lowest BCUT2D eigenvalue weighted by Crippen LogP contribution is -2.39. The van der Waals surface area contributed by atoms with Crippen molar-refractivity contribution in [1.29, 1.82) is 0 Å². The predicted octanol–water partition coefficient (Wildman–Crippen LogP) is 4.88. The molecule has 138 valence electrons. The molecular weight excluding hydrogens is 403 g/mol. The molecule has 1 atom stereocenters. The molecule has 0 fully saturated rings. The maximum Gasteiger partial charge on any atom is 0.243 e. The van der Waals surface area contributed by atoms with Crippen molar-refractivity contribution in [2.75, 3.05) is 0 Å². The molecule has 1 aliphatic rings. The fourth-order valence-corrected chi connectivity index (χ4v) is 5.17. The van der Waals surface area contributed by atoms with Crippen LogP contribution in [-0.2, 0) is 23.0 Å². The molecule has 0 radical (unpaired) electrons. The maximum absolute atomic E-state index is 13.4. The summed E-state index contributed by atoms with van der Waals surface area (Å²) in [5.41, 5.74) is 2.72. The van der Waals surface area contributed by atoms with Gasteiger partial charge in [-0.1, -0.05) is 41.4 Å². The quantitative estimate of drug-likeness (QED) is 0.608. The van der Waals surface area contributed by atoms with Crippen LogP contribution in [0.2, 0.25) is 10.0 Å². The molecule has 1 unspecified atom stereocenters. The lowest BCUT2D eigenvalue weighted by molar-refractivity contribution is 0.293. The first-order valence-electron chi connectivity index (χ1n) is 8.41. The Labute approximate surface area is 168 Å². The van der Waals surface area contributed by atoms with E-state index in [1.165, 1.54) is 16.4 Å². The summed E-state index contributed by atoms with van der Waals surface area (Å²) in [5.74, 6) is 0. The number of fused-ring (bicyclic) bond motifs is 1. The lowest BCUT2D eigenvalue weighted by atomic mass is 9.95. The van der Waals surface area contributed by atoms with E-state index in [0.717, 1.165) is 16.8 Å². The smallest absolute Gasteiger partial charge is 0.243 e. The van der Waals surface area contributed by atoms with Gasteiger partial charge in [0.15, 0.2) is 0 Å². The first kappa shape index (κ1) is 18.4. The summed E-state index contributed by atoms with van der Waals surface area (Å²) >= 11 is 11.9. The topological polar surface area (TPSA) is 50.3 Å². The van der Waals surface area contributed by atoms with Crippen molar-refractivity contribution < 1.29 is 8.42 Å². The normalized spacial score (nSPS) is 17.5. The summed E-state index contributed by atoms with van der Waals surface area (Å²) in [5, 5.41) is 1.11. The van der Waals surface area contributed by atoms with Crippen molar-refractivity contribution in [3.8, 4) is 0 Å². The Bertz CT molecular complexity index is 1070. The van der Waals surface area contributed by atoms with Crippen molar-refractivity contribution in [2.24, 2.45) is 0 Å². The van der Waals surface area contributed by atoms with Crippen LogP contribution < -0.4 is 0 Å². The lowest BCUT2D eigenvalue weighted by Gasteiger charge is -2.35. The van der Waals surface area contributed by atoms with Crippen LogP contribution in [-0.4, -0.2) is 17.7 Å². The highest BCUT2D eigenvalue weighted by atomic mass is 35.5. The van der Waals surface area contributed by atoms with Gasteiger partial charge in [0, 0.05) is 34.9 Å². The summed E-state index contributed by atoms with van der Waals surface area (Å²) in [6.07, 6.45) is 2.24. The van der Waals surface area contributed by atoms with Crippen LogP contribution in [0.1, 0.15) is 22.9 Å². The second-order valence-electron chi connectivity index (χ2n) is 6.38. The molecule has 1 aliphatic heterocycles. The van der Waals surface area contributed by atoms with E-state index < -0.39 is 10.0 Å². The Morgan fingerprint density at radius 1 is 0.926 bits per heavy atom. The molecule has 0 amide bonds. The molecule has 0 saturated heterocycles. The van der Waals surface area contributed by atoms with E-state index in [1.807, 2.05) is 24.3 Å². The zero-order chi connectivity index (χ0) is 19.0. The van der Waals surface area contributed by atoms with Gasteiger partial charge in [-0.3, -0.25) is 4.98 Å². The second kappa shape index (κ2) is 7.24. The Balaban J connectivity index is 1.81. The molecule has 2 aromatic carbocycles. The van der Waals surface area contributed by atoms with E-state index in [4.69, 9.17) is 23.2 Å². The number of pyridine rings is 1. The van der Waals surface area contributed by atoms with Gasteiger partial charge in [0.1, 0.15) is 0 Å². The zero-order valence-electron chi connectivity index (χ0n) is 14.2. The van der Waals surface area contributed by atoms with E-state index in [1.54, 1.807) is 30.5 Å². The van der Waals surface area contributed by atoms with Gasteiger partial charge in [0.25, 0.3) is 0 Å². The van der Waals surface area contributed by atoms with E-state index in [9.17, 15) is 8.42 Å². The number of aromatic nitrogens is 1. The minimum Gasteiger partial charge on any atom is -0.261 e. The number of sulfonamides is 1. The van der Waals surface area contributed by atoms with Crippen LogP contribution in [0, 0.1) is 0 Å². The zero-order valence-corrected chi connectivity index (χ0v) is 16.5. The standard InChI is InChI=1S/C20H16Cl2N2O2S/c21-16-5-3-14(4-6-16)20-12-19-15(2-1-11-23-19)13-24(20)27(25,26)18-9-7-17(22)8-10-18/h1-11,20H,12-13H2. The summed E-state index contributed by atoms with van der Waals surface area (Å²) in [6.45, 7) is 0.265. The van der Waals surface area contributed by atoms with Gasteiger partial charge in [-0.25, -0.2) is 8.42 Å². The third-order valence-electron chi connectivity index (χ3n) is 4.72. The van der Waals surface area contributed by atoms with E-state index in [2.05, 4.69) is 4.98 Å². The van der Waals surface area contributed by atoms with Gasteiger partial charge >= 0.3 is 0 Å². The van der Waals surface area contributed by atoms with Crippen molar-refractivity contribution in [3.63, 3.8) is 0 Å². The Kier molecular flexibility index (Phi) is 4.95. The van der Waals surface area contributed by atoms with Gasteiger partial charge < -0.3 is 0 Å². The summed E-state index contributed by atoms with van der Waals surface area (Å²) in [6, 6.07) is 16.9. The number of rotatable bonds is 3. The predicted molar refractivity (Wildman–Crippen MR) is 106 cm³/mol. The maximum atomic E-state index is 13.4. The molecule has 0 aliphatic carbocycles. The van der Waals surface area contributed by atoms with Gasteiger partial charge in [-0.2, -0.15) is 4.31 Å². The highest BCUT2D eigenvalue weighted by Gasteiger charge is 2.37. The van der Waals surface area contributed by atoms with Gasteiger partial charge in [-0.15, -0.1) is 0 Å². The molecule has 0 N–H and O–H groups in total. The molecule has 1 aromatic heterocycles. The molecule has 27 heavy (non-hydrogen) atoms. The van der Waals surface area contributed by atoms with Crippen LogP contribution >= 0.6 is 23.2 Å². The highest BCUT2D eigenvalue weighted by molar-refractivity contribution is 7.89. The molecule has 4 rings (SSSR count). The van der Waals surface area contributed by atoms with E-state index in [-0.39, 0.29) is 17.5 Å². The van der Waals surface area contributed by atoms with Crippen LogP contribution in [0.4, 0.5) is 0 Å². The molecule has 0 saturated carbocycles. The first-order valence-corrected chi connectivity index (χ1v) is 10.6. The Morgan fingerprint density at radius 3 is 2.22 bits per heavy atom. The number of hydrogen-bond donors (Lipinski definition) is 0. The fourth-order valence-electron chi connectivity index (χ4n) is 3.33. The SMILES string of the molecule is O=S(=O)(c1ccc(Cl)cc1)N1Cc2cccnc2CC1c1ccc(Cl)cc1. The largest absolute Gasteiger partial charge is 0.261 e. The monoisotopic (exact) mass is 418 g/mol. The van der Waals surface area contributed by atoms with Gasteiger partial charge in [0.2, 0.25) is 10.0 Å². The number of hydrogen-bond acceptors (Lipinski definition) is 3. The van der Waals surface area contributed by atoms with Crippen LogP contribution in [0.5, 0.6) is 0 Å². The molecule has 0 bridgehead atoms. The number of nitrogens with zero attached hydrogens (tertiary/aromatic N) is 2. The second-order valence-corrected chi connectivity index (χ2v) is 9.15. The fraction of sp³-hybridized carbons (Fsp3) is 0.150. The number of halogens is 2. The van der Waals surface area contributed by atoms with E-state index >= 15 is 0 Å². The first-order chi connectivity index (χ1) is 12.9. The minimum absolute atomic E-state index is 0.221. The molecule has 7 heteroatoms. The molecule has 3 aromatic rings. The Morgan fingerprint density at radius 2 is 1.56 bits per heavy atom. The molecular formula is C20H16Cl2N2O2S. The summed E-state index contributed by atoms with van der Waals surface area (Å²) < 4.78 is 28.3. The van der Waals surface area contributed by atoms with Crippen molar-refractivity contribution >= 4 is 33.2 Å². The van der Waals surface area contributed by atoms with Crippen molar-refractivity contribution in [3.05, 3.63) is 93.7 Å². The Hall–Kier alpha value is -1.92. The van der Waals surface area contributed by atoms with Crippen LogP contribution in [0.15, 0.2) is 71.8 Å². The average molecular weight is 419 g/mol. The van der Waals surface area contributed by atoms with Crippen LogP contribution in [0.25, 0.3) is 0 Å². The van der Waals surface area contributed by atoms with Crippen LogP contribution in [0.3, 0.4) is 0 Å². The third kappa shape index (κ3) is 3.60. The summed E-state index contributed by atoms with van der Waals surface area (Å²) in [4.78, 5) is 4.67.